The molecule has 0 radical (unpaired) electrons. The van der Waals surface area contributed by atoms with E-state index in [2.05, 4.69) is 26.2 Å². The molecule has 0 aromatic carbocycles. The van der Waals surface area contributed by atoms with E-state index in [1.807, 2.05) is 6.92 Å². The zero-order valence-electron chi connectivity index (χ0n) is 12.4. The molecule has 0 aromatic rings. The largest absolute Gasteiger partial charge is 0.489 e. The number of hydrogen-bond donors (Lipinski definition) is 0. The molecule has 0 heterocycles. The highest BCUT2D eigenvalue weighted by Crippen LogP contribution is 2.32. The Bertz CT molecular complexity index is 490. The van der Waals surface area contributed by atoms with Gasteiger partial charge >= 0.3 is 0 Å². The van der Waals surface area contributed by atoms with Gasteiger partial charge in [-0.15, -0.1) is 6.58 Å². The highest BCUT2D eigenvalue weighted by Gasteiger charge is 2.39. The molecule has 104 valence electrons. The van der Waals surface area contributed by atoms with Gasteiger partial charge in [0, 0.05) is 5.57 Å². The molecule has 0 amide bonds. The van der Waals surface area contributed by atoms with E-state index in [1.165, 1.54) is 0 Å². The second-order valence-corrected chi connectivity index (χ2v) is 10.7. The lowest BCUT2D eigenvalue weighted by Gasteiger charge is -2.21. The molecule has 0 aromatic heterocycles. The molecule has 0 unspecified atom stereocenters. The fraction of sp³-hybridized carbons (Fsp3) is 0.467. The monoisotopic (exact) mass is 278 g/mol. The number of ether oxygens (including phenoxy) is 1. The molecule has 1 aliphatic rings. The summed E-state index contributed by atoms with van der Waals surface area (Å²) in [6, 6.07) is 0. The Hall–Kier alpha value is -1.42. The van der Waals surface area contributed by atoms with Crippen molar-refractivity contribution in [2.75, 3.05) is 6.61 Å². The van der Waals surface area contributed by atoms with Crippen molar-refractivity contribution in [1.29, 1.82) is 0 Å². The van der Waals surface area contributed by atoms with E-state index in [4.69, 9.17) is 4.74 Å². The standard InChI is InChI=1S/C15H22O3Si/c1-7-9-11(19(4,5)6)12-13(16)10(3)15(14(12)17)18-8-2/h7H,1,8-9H2,2-6H3/b12-11-. The van der Waals surface area contributed by atoms with E-state index in [1.54, 1.807) is 13.0 Å². The van der Waals surface area contributed by atoms with Gasteiger partial charge in [0.1, 0.15) is 0 Å². The molecular weight excluding hydrogens is 256 g/mol. The van der Waals surface area contributed by atoms with Crippen LogP contribution in [-0.2, 0) is 14.3 Å². The average Bonchev–Trinajstić information content (AvgIpc) is 2.50. The van der Waals surface area contributed by atoms with Crippen molar-refractivity contribution in [3.8, 4) is 0 Å². The summed E-state index contributed by atoms with van der Waals surface area (Å²) < 4.78 is 5.33. The molecule has 1 aliphatic carbocycles. The summed E-state index contributed by atoms with van der Waals surface area (Å²) in [6.07, 6.45) is 2.35. The highest BCUT2D eigenvalue weighted by molar-refractivity contribution is 6.84. The van der Waals surface area contributed by atoms with Gasteiger partial charge in [-0.1, -0.05) is 30.9 Å². The Morgan fingerprint density at radius 2 is 1.84 bits per heavy atom. The molecule has 1 rings (SSSR count). The first-order valence-electron chi connectivity index (χ1n) is 6.53. The van der Waals surface area contributed by atoms with Crippen molar-refractivity contribution >= 4 is 19.6 Å². The zero-order valence-corrected chi connectivity index (χ0v) is 13.4. The smallest absolute Gasteiger partial charge is 0.231 e. The molecule has 0 N–H and O–H groups in total. The van der Waals surface area contributed by atoms with Crippen LogP contribution in [0.5, 0.6) is 0 Å². The molecule has 0 atom stereocenters. The fourth-order valence-corrected chi connectivity index (χ4v) is 3.93. The third kappa shape index (κ3) is 2.95. The van der Waals surface area contributed by atoms with E-state index in [-0.39, 0.29) is 17.3 Å². The van der Waals surface area contributed by atoms with Gasteiger partial charge < -0.3 is 4.74 Å². The summed E-state index contributed by atoms with van der Waals surface area (Å²) in [6.45, 7) is 14.0. The lowest BCUT2D eigenvalue weighted by atomic mass is 10.1. The van der Waals surface area contributed by atoms with Crippen LogP contribution in [0.25, 0.3) is 0 Å². The molecule has 19 heavy (non-hydrogen) atoms. The topological polar surface area (TPSA) is 43.4 Å². The quantitative estimate of drug-likeness (QED) is 0.336. The molecule has 0 spiro atoms. The number of carbonyl (C=O) groups is 2. The van der Waals surface area contributed by atoms with Crippen LogP contribution in [0.2, 0.25) is 19.6 Å². The van der Waals surface area contributed by atoms with E-state index >= 15 is 0 Å². The molecule has 3 nitrogen and oxygen atoms in total. The Morgan fingerprint density at radius 1 is 1.26 bits per heavy atom. The van der Waals surface area contributed by atoms with Crippen LogP contribution in [0.3, 0.4) is 0 Å². The van der Waals surface area contributed by atoms with Crippen LogP contribution < -0.4 is 0 Å². The van der Waals surface area contributed by atoms with Gasteiger partial charge in [0.25, 0.3) is 0 Å². The SMILES string of the molecule is C=CC/C(=C1\C(=O)C(C)=C(OCC)C1=O)[Si](C)(C)C. The maximum Gasteiger partial charge on any atom is 0.231 e. The van der Waals surface area contributed by atoms with E-state index < -0.39 is 8.07 Å². The van der Waals surface area contributed by atoms with Crippen LogP contribution in [0.4, 0.5) is 0 Å². The zero-order chi connectivity index (χ0) is 14.8. The minimum atomic E-state index is -1.75. The van der Waals surface area contributed by atoms with E-state index in [0.29, 0.717) is 24.2 Å². The van der Waals surface area contributed by atoms with Crippen molar-refractivity contribution in [2.45, 2.75) is 39.9 Å². The second-order valence-electron chi connectivity index (χ2n) is 5.64. The lowest BCUT2D eigenvalue weighted by Crippen LogP contribution is -2.28. The third-order valence-corrected chi connectivity index (χ3v) is 5.45. The number of Topliss-reactive ketones (excluding diaryl/α,β-unsaturated/α-hetero) is 2. The predicted molar refractivity (Wildman–Crippen MR) is 79.5 cm³/mol. The number of hydrogen-bond acceptors (Lipinski definition) is 3. The minimum absolute atomic E-state index is 0.173. The Kier molecular flexibility index (Phi) is 4.69. The van der Waals surface area contributed by atoms with Gasteiger partial charge in [-0.2, -0.15) is 0 Å². The lowest BCUT2D eigenvalue weighted by molar-refractivity contribution is -0.117. The normalized spacial score (nSPS) is 19.0. The Morgan fingerprint density at radius 3 is 2.26 bits per heavy atom. The summed E-state index contributed by atoms with van der Waals surface area (Å²) in [5.41, 5.74) is 0.765. The van der Waals surface area contributed by atoms with Gasteiger partial charge in [0.15, 0.2) is 11.5 Å². The van der Waals surface area contributed by atoms with E-state index in [0.717, 1.165) is 5.20 Å². The minimum Gasteiger partial charge on any atom is -0.489 e. The second kappa shape index (κ2) is 5.69. The summed E-state index contributed by atoms with van der Waals surface area (Å²) >= 11 is 0. The molecule has 0 bridgehead atoms. The average molecular weight is 278 g/mol. The van der Waals surface area contributed by atoms with Crippen molar-refractivity contribution in [2.24, 2.45) is 0 Å². The molecular formula is C15H22O3Si. The number of ketones is 2. The Balaban J connectivity index is 3.40. The van der Waals surface area contributed by atoms with Gasteiger partial charge in [0.2, 0.25) is 5.78 Å². The summed E-state index contributed by atoms with van der Waals surface area (Å²) in [4.78, 5) is 24.7. The molecule has 0 saturated carbocycles. The van der Waals surface area contributed by atoms with Crippen molar-refractivity contribution in [3.63, 3.8) is 0 Å². The van der Waals surface area contributed by atoms with Crippen LogP contribution in [0, 0.1) is 0 Å². The van der Waals surface area contributed by atoms with Gasteiger partial charge in [0.05, 0.1) is 20.3 Å². The van der Waals surface area contributed by atoms with Crippen LogP contribution in [0.1, 0.15) is 20.3 Å². The summed E-state index contributed by atoms with van der Waals surface area (Å²) in [5, 5.41) is 0.964. The first-order valence-corrected chi connectivity index (χ1v) is 10.0. The maximum atomic E-state index is 12.4. The van der Waals surface area contributed by atoms with Crippen LogP contribution >= 0.6 is 0 Å². The third-order valence-electron chi connectivity index (χ3n) is 3.19. The maximum absolute atomic E-state index is 12.4. The first kappa shape index (κ1) is 15.6. The van der Waals surface area contributed by atoms with Gasteiger partial charge in [-0.3, -0.25) is 9.59 Å². The van der Waals surface area contributed by atoms with Crippen molar-refractivity contribution in [3.05, 3.63) is 34.8 Å². The first-order chi connectivity index (χ1) is 8.75. The van der Waals surface area contributed by atoms with Gasteiger partial charge in [-0.25, -0.2) is 0 Å². The molecule has 0 aliphatic heterocycles. The van der Waals surface area contributed by atoms with E-state index in [9.17, 15) is 9.59 Å². The van der Waals surface area contributed by atoms with Crippen molar-refractivity contribution in [1.82, 2.24) is 0 Å². The van der Waals surface area contributed by atoms with Gasteiger partial charge in [-0.05, 0) is 20.3 Å². The number of allylic oxidation sites excluding steroid dienone is 4. The summed E-state index contributed by atoms with van der Waals surface area (Å²) in [5.74, 6) is -0.196. The molecule has 0 fully saturated rings. The fourth-order valence-electron chi connectivity index (χ4n) is 2.20. The van der Waals surface area contributed by atoms with Crippen molar-refractivity contribution < 1.29 is 14.3 Å². The molecule has 4 heteroatoms. The Labute approximate surface area is 116 Å². The molecule has 0 saturated heterocycles. The predicted octanol–water partition coefficient (Wildman–Crippen LogP) is 3.20. The number of rotatable bonds is 5. The number of carbonyl (C=O) groups excluding carboxylic acids is 2. The van der Waals surface area contributed by atoms with Crippen LogP contribution in [0.15, 0.2) is 34.8 Å². The van der Waals surface area contributed by atoms with Crippen LogP contribution in [-0.4, -0.2) is 26.2 Å². The highest BCUT2D eigenvalue weighted by atomic mass is 28.3. The summed E-state index contributed by atoms with van der Waals surface area (Å²) in [7, 11) is -1.75.